The van der Waals surface area contributed by atoms with Gasteiger partial charge in [-0.1, -0.05) is 42.5 Å². The fourth-order valence-electron chi connectivity index (χ4n) is 3.38. The number of hydrogen-bond acceptors (Lipinski definition) is 4. The maximum absolute atomic E-state index is 14.0. The van der Waals surface area contributed by atoms with Gasteiger partial charge in [-0.25, -0.2) is 9.37 Å². The van der Waals surface area contributed by atoms with E-state index in [1.54, 1.807) is 24.3 Å². The summed E-state index contributed by atoms with van der Waals surface area (Å²) < 4.78 is 15.5. The lowest BCUT2D eigenvalue weighted by molar-refractivity contribution is 0.433. The molecule has 0 saturated heterocycles. The first kappa shape index (κ1) is 19.1. The van der Waals surface area contributed by atoms with Gasteiger partial charge in [0.1, 0.15) is 5.82 Å². The molecule has 2 aromatic heterocycles. The van der Waals surface area contributed by atoms with E-state index in [-0.39, 0.29) is 16.9 Å². The van der Waals surface area contributed by atoms with E-state index in [0.717, 1.165) is 10.4 Å². The van der Waals surface area contributed by atoms with Crippen molar-refractivity contribution >= 4 is 11.3 Å². The highest BCUT2D eigenvalue weighted by atomic mass is 32.1. The lowest BCUT2D eigenvalue weighted by atomic mass is 10.0. The van der Waals surface area contributed by atoms with Crippen LogP contribution in [0.4, 0.5) is 4.39 Å². The third-order valence-corrected chi connectivity index (χ3v) is 5.74. The Bertz CT molecular complexity index is 1200. The molecular weight excluding hydrogens is 387 g/mol. The maximum atomic E-state index is 14.0. The molecule has 0 amide bonds. The summed E-state index contributed by atoms with van der Waals surface area (Å²) in [4.78, 5) is 19.2. The number of aromatic hydroxyl groups is 1. The highest BCUT2D eigenvalue weighted by Gasteiger charge is 2.20. The molecule has 2 aromatic carbocycles. The third-order valence-electron chi connectivity index (χ3n) is 4.80. The van der Waals surface area contributed by atoms with Gasteiger partial charge >= 0.3 is 0 Å². The quantitative estimate of drug-likeness (QED) is 0.505. The van der Waals surface area contributed by atoms with Crippen molar-refractivity contribution in [2.45, 2.75) is 19.9 Å². The largest absolute Gasteiger partial charge is 0.504 e. The molecule has 0 aliphatic heterocycles. The van der Waals surface area contributed by atoms with E-state index >= 15 is 0 Å². The molecule has 29 heavy (non-hydrogen) atoms. The third kappa shape index (κ3) is 3.71. The summed E-state index contributed by atoms with van der Waals surface area (Å²) >= 11 is 1.61. The summed E-state index contributed by atoms with van der Waals surface area (Å²) in [6.45, 7) is 2.13. The molecule has 0 radical (unpaired) electrons. The lowest BCUT2D eigenvalue weighted by Crippen LogP contribution is -2.27. The Kier molecular flexibility index (Phi) is 5.27. The smallest absolute Gasteiger partial charge is 0.261 e. The summed E-state index contributed by atoms with van der Waals surface area (Å²) in [6.07, 6.45) is 0.639. The number of rotatable bonds is 5. The number of nitrogens with zero attached hydrogens (tertiary/aromatic N) is 2. The minimum absolute atomic E-state index is 0.205. The van der Waals surface area contributed by atoms with Gasteiger partial charge in [0.25, 0.3) is 5.56 Å². The molecule has 2 heterocycles. The van der Waals surface area contributed by atoms with E-state index in [9.17, 15) is 14.3 Å². The van der Waals surface area contributed by atoms with Crippen molar-refractivity contribution in [2.75, 3.05) is 0 Å². The van der Waals surface area contributed by atoms with Crippen LogP contribution in [0, 0.1) is 12.7 Å². The van der Waals surface area contributed by atoms with Crippen LogP contribution in [0.3, 0.4) is 0 Å². The average molecular weight is 406 g/mol. The van der Waals surface area contributed by atoms with Crippen molar-refractivity contribution in [1.29, 1.82) is 0 Å². The van der Waals surface area contributed by atoms with Gasteiger partial charge in [-0.15, -0.1) is 11.3 Å². The van der Waals surface area contributed by atoms with Gasteiger partial charge in [-0.2, -0.15) is 0 Å². The van der Waals surface area contributed by atoms with Crippen LogP contribution in [-0.2, 0) is 13.0 Å². The topological polar surface area (TPSA) is 55.1 Å². The predicted molar refractivity (Wildman–Crippen MR) is 114 cm³/mol. The van der Waals surface area contributed by atoms with Crippen molar-refractivity contribution in [3.05, 3.63) is 92.8 Å². The molecule has 0 fully saturated rings. The van der Waals surface area contributed by atoms with E-state index in [4.69, 9.17) is 0 Å². The lowest BCUT2D eigenvalue weighted by Gasteiger charge is -2.17. The van der Waals surface area contributed by atoms with Crippen molar-refractivity contribution < 1.29 is 9.50 Å². The summed E-state index contributed by atoms with van der Waals surface area (Å²) in [5.41, 5.74) is 1.82. The van der Waals surface area contributed by atoms with Gasteiger partial charge in [0.2, 0.25) is 0 Å². The fraction of sp³-hybridized carbons (Fsp3) is 0.130. The van der Waals surface area contributed by atoms with E-state index in [2.05, 4.69) is 4.98 Å². The minimum atomic E-state index is -0.744. The van der Waals surface area contributed by atoms with Crippen molar-refractivity contribution in [3.8, 4) is 28.3 Å². The van der Waals surface area contributed by atoms with Gasteiger partial charge in [-0.3, -0.25) is 9.36 Å². The first-order valence-electron chi connectivity index (χ1n) is 9.23. The standard InChI is InChI=1S/C23H19FN2O2S/c1-15-20(16-7-3-2-4-8-16)23(28)26(13-12-17-9-6-14-29-17)22(25-15)18-10-5-11-19(24)21(18)27/h2-11,14,27H,12-13H2,1H3. The van der Waals surface area contributed by atoms with Crippen molar-refractivity contribution in [2.24, 2.45) is 0 Å². The Morgan fingerprint density at radius 3 is 2.59 bits per heavy atom. The molecule has 1 N–H and O–H groups in total. The second kappa shape index (κ2) is 8.01. The minimum Gasteiger partial charge on any atom is -0.504 e. The average Bonchev–Trinajstić information content (AvgIpc) is 3.23. The van der Waals surface area contributed by atoms with Gasteiger partial charge in [-0.05, 0) is 42.5 Å². The van der Waals surface area contributed by atoms with Crippen LogP contribution >= 0.6 is 11.3 Å². The zero-order chi connectivity index (χ0) is 20.4. The Morgan fingerprint density at radius 1 is 1.07 bits per heavy atom. The highest BCUT2D eigenvalue weighted by Crippen LogP contribution is 2.31. The van der Waals surface area contributed by atoms with Crippen LogP contribution in [0.15, 0.2) is 70.8 Å². The van der Waals surface area contributed by atoms with Crippen LogP contribution in [-0.4, -0.2) is 14.7 Å². The normalized spacial score (nSPS) is 11.0. The first-order valence-corrected chi connectivity index (χ1v) is 10.1. The molecule has 0 saturated carbocycles. The summed E-state index contributed by atoms with van der Waals surface area (Å²) in [5, 5.41) is 12.3. The molecule has 0 aliphatic carbocycles. The summed E-state index contributed by atoms with van der Waals surface area (Å²) in [7, 11) is 0. The number of phenolic OH excluding ortho intramolecular Hbond substituents is 1. The molecule has 0 spiro atoms. The number of benzene rings is 2. The van der Waals surface area contributed by atoms with Crippen molar-refractivity contribution in [3.63, 3.8) is 0 Å². The van der Waals surface area contributed by atoms with E-state index in [0.29, 0.717) is 24.2 Å². The van der Waals surface area contributed by atoms with Gasteiger partial charge < -0.3 is 5.11 Å². The zero-order valence-electron chi connectivity index (χ0n) is 15.8. The number of thiophene rings is 1. The molecular formula is C23H19FN2O2S. The number of halogens is 1. The van der Waals surface area contributed by atoms with Crippen LogP contribution < -0.4 is 5.56 Å². The SMILES string of the molecule is Cc1nc(-c2cccc(F)c2O)n(CCc2cccs2)c(=O)c1-c1ccccc1. The number of aromatic nitrogens is 2. The number of phenols is 1. The Hall–Kier alpha value is -3.25. The molecule has 0 unspecified atom stereocenters. The predicted octanol–water partition coefficient (Wildman–Crippen LogP) is 5.03. The monoisotopic (exact) mass is 406 g/mol. The Balaban J connectivity index is 1.92. The fourth-order valence-corrected chi connectivity index (χ4v) is 4.08. The molecule has 6 heteroatoms. The van der Waals surface area contributed by atoms with Gasteiger partial charge in [0.05, 0.1) is 16.8 Å². The molecule has 4 aromatic rings. The van der Waals surface area contributed by atoms with Crippen LogP contribution in [0.25, 0.3) is 22.5 Å². The molecule has 0 aliphatic rings. The number of aryl methyl sites for hydroxylation is 2. The second-order valence-electron chi connectivity index (χ2n) is 6.68. The van der Waals surface area contributed by atoms with Crippen LogP contribution in [0.2, 0.25) is 0 Å². The molecule has 4 nitrogen and oxygen atoms in total. The van der Waals surface area contributed by atoms with Crippen LogP contribution in [0.5, 0.6) is 5.75 Å². The van der Waals surface area contributed by atoms with E-state index in [1.807, 2.05) is 47.8 Å². The molecule has 0 atom stereocenters. The molecule has 0 bridgehead atoms. The van der Waals surface area contributed by atoms with E-state index < -0.39 is 11.6 Å². The van der Waals surface area contributed by atoms with E-state index in [1.165, 1.54) is 16.7 Å². The summed E-state index contributed by atoms with van der Waals surface area (Å²) in [6, 6.07) is 17.6. The molecule has 4 rings (SSSR count). The number of hydrogen-bond donors (Lipinski definition) is 1. The second-order valence-corrected chi connectivity index (χ2v) is 7.72. The Labute approximate surface area is 171 Å². The van der Waals surface area contributed by atoms with Crippen LogP contribution in [0.1, 0.15) is 10.6 Å². The zero-order valence-corrected chi connectivity index (χ0v) is 16.6. The maximum Gasteiger partial charge on any atom is 0.261 e. The highest BCUT2D eigenvalue weighted by molar-refractivity contribution is 7.09. The Morgan fingerprint density at radius 2 is 1.86 bits per heavy atom. The van der Waals surface area contributed by atoms with Gasteiger partial charge in [0, 0.05) is 11.4 Å². The molecule has 146 valence electrons. The number of para-hydroxylation sites is 1. The summed E-state index contributed by atoms with van der Waals surface area (Å²) in [5.74, 6) is -0.983. The van der Waals surface area contributed by atoms with Crippen molar-refractivity contribution in [1.82, 2.24) is 9.55 Å². The first-order chi connectivity index (χ1) is 14.1. The van der Waals surface area contributed by atoms with Gasteiger partial charge in [0.15, 0.2) is 11.6 Å².